The molecule has 0 aliphatic carbocycles. The Balaban J connectivity index is 0.000000847. The summed E-state index contributed by atoms with van der Waals surface area (Å²) in [5, 5.41) is 1.34. The van der Waals surface area contributed by atoms with Crippen LogP contribution < -0.4 is 0 Å². The smallest absolute Gasteiger partial charge is 0.145 e. The van der Waals surface area contributed by atoms with Crippen molar-refractivity contribution in [2.75, 3.05) is 5.88 Å². The van der Waals surface area contributed by atoms with Gasteiger partial charge in [0.2, 0.25) is 0 Å². The zero-order valence-corrected chi connectivity index (χ0v) is 14.2. The molecule has 0 aliphatic heterocycles. The Labute approximate surface area is 140 Å². The van der Waals surface area contributed by atoms with Gasteiger partial charge >= 0.3 is 0 Å². The van der Waals surface area contributed by atoms with Crippen molar-refractivity contribution in [1.82, 2.24) is 14.5 Å². The van der Waals surface area contributed by atoms with Crippen LogP contribution in [-0.2, 0) is 0 Å². The fourth-order valence-corrected chi connectivity index (χ4v) is 2.83. The van der Waals surface area contributed by atoms with Gasteiger partial charge < -0.3 is 4.57 Å². The first-order valence-electron chi connectivity index (χ1n) is 7.39. The zero-order valence-electron chi connectivity index (χ0n) is 12.7. The van der Waals surface area contributed by atoms with E-state index in [4.69, 9.17) is 23.2 Å². The molecule has 116 valence electrons. The summed E-state index contributed by atoms with van der Waals surface area (Å²) in [5.74, 6) is 0.581. The van der Waals surface area contributed by atoms with Gasteiger partial charge in [0.05, 0.1) is 11.4 Å². The number of hydrogen-bond donors (Lipinski definition) is 0. The highest BCUT2D eigenvalue weighted by molar-refractivity contribution is 6.33. The van der Waals surface area contributed by atoms with E-state index in [-0.39, 0.29) is 6.04 Å². The van der Waals surface area contributed by atoms with Crippen molar-refractivity contribution in [3.8, 4) is 0 Å². The molecule has 2 heterocycles. The van der Waals surface area contributed by atoms with Crippen molar-refractivity contribution in [3.63, 3.8) is 0 Å². The highest BCUT2D eigenvalue weighted by Gasteiger charge is 2.16. The highest BCUT2D eigenvalue weighted by Crippen LogP contribution is 2.29. The van der Waals surface area contributed by atoms with Crippen molar-refractivity contribution in [1.29, 1.82) is 0 Å². The summed E-state index contributed by atoms with van der Waals surface area (Å²) in [6, 6.07) is 12.4. The number of rotatable bonds is 4. The van der Waals surface area contributed by atoms with Crippen LogP contribution in [0.25, 0.3) is 11.0 Å². The lowest BCUT2D eigenvalue weighted by atomic mass is 10.0. The van der Waals surface area contributed by atoms with Crippen molar-refractivity contribution < 1.29 is 0 Å². The first kappa shape index (κ1) is 16.8. The molecule has 3 aromatic rings. The van der Waals surface area contributed by atoms with E-state index < -0.39 is 0 Å². The number of hydrogen-bond acceptors (Lipinski definition) is 2. The van der Waals surface area contributed by atoms with Crippen LogP contribution in [0.3, 0.4) is 0 Å². The van der Waals surface area contributed by atoms with Crippen LogP contribution in [0.15, 0.2) is 48.9 Å². The third-order valence-electron chi connectivity index (χ3n) is 3.36. The predicted molar refractivity (Wildman–Crippen MR) is 93.8 cm³/mol. The molecular weight excluding hydrogens is 317 g/mol. The highest BCUT2D eigenvalue weighted by atomic mass is 35.5. The Morgan fingerprint density at radius 3 is 2.50 bits per heavy atom. The minimum Gasteiger partial charge on any atom is -0.325 e. The van der Waals surface area contributed by atoms with Crippen LogP contribution in [0.1, 0.15) is 31.9 Å². The van der Waals surface area contributed by atoms with Crippen molar-refractivity contribution >= 4 is 34.2 Å². The maximum Gasteiger partial charge on any atom is 0.145 e. The van der Waals surface area contributed by atoms with Gasteiger partial charge in [-0.15, -0.1) is 11.6 Å². The maximum absolute atomic E-state index is 6.11. The number of fused-ring (bicyclic) bond motifs is 1. The molecule has 1 unspecified atom stereocenters. The number of aromatic nitrogens is 3. The summed E-state index contributed by atoms with van der Waals surface area (Å²) in [4.78, 5) is 8.37. The molecule has 0 saturated carbocycles. The third kappa shape index (κ3) is 3.42. The lowest BCUT2D eigenvalue weighted by Gasteiger charge is -2.19. The molecule has 0 radical (unpaired) electrons. The molecule has 2 aromatic heterocycles. The zero-order chi connectivity index (χ0) is 15.9. The molecule has 0 fully saturated rings. The van der Waals surface area contributed by atoms with E-state index in [9.17, 15) is 0 Å². The number of alkyl halides is 1. The second-order valence-electron chi connectivity index (χ2n) is 4.53. The molecular formula is C17H19Cl2N3. The van der Waals surface area contributed by atoms with Crippen molar-refractivity contribution in [2.45, 2.75) is 26.3 Å². The Morgan fingerprint density at radius 1 is 1.09 bits per heavy atom. The minimum absolute atomic E-state index is 0.150. The van der Waals surface area contributed by atoms with Crippen LogP contribution in [0.4, 0.5) is 0 Å². The molecule has 3 nitrogen and oxygen atoms in total. The van der Waals surface area contributed by atoms with Crippen LogP contribution in [-0.4, -0.2) is 20.4 Å². The molecule has 1 aromatic carbocycles. The fraction of sp³-hybridized carbons (Fsp3) is 0.294. The fourth-order valence-electron chi connectivity index (χ4n) is 2.44. The average Bonchev–Trinajstić information content (AvgIpc) is 3.00. The van der Waals surface area contributed by atoms with Gasteiger partial charge in [-0.3, -0.25) is 0 Å². The molecule has 0 saturated heterocycles. The van der Waals surface area contributed by atoms with Gasteiger partial charge in [-0.2, -0.15) is 0 Å². The normalized spacial score (nSPS) is 11.8. The molecule has 22 heavy (non-hydrogen) atoms. The first-order chi connectivity index (χ1) is 10.8. The van der Waals surface area contributed by atoms with E-state index in [0.29, 0.717) is 11.0 Å². The van der Waals surface area contributed by atoms with E-state index in [2.05, 4.69) is 26.7 Å². The van der Waals surface area contributed by atoms with Crippen molar-refractivity contribution in [3.05, 3.63) is 59.6 Å². The molecule has 1 atom stereocenters. The second kappa shape index (κ2) is 8.16. The average molecular weight is 336 g/mol. The Hall–Kier alpha value is -1.58. The third-order valence-corrected chi connectivity index (χ3v) is 3.88. The lowest BCUT2D eigenvalue weighted by Crippen LogP contribution is -2.11. The molecule has 0 aliphatic rings. The summed E-state index contributed by atoms with van der Waals surface area (Å²) in [6.07, 6.45) is 4.32. The molecule has 0 bridgehead atoms. The van der Waals surface area contributed by atoms with Crippen LogP contribution in [0.5, 0.6) is 0 Å². The minimum atomic E-state index is 0.150. The van der Waals surface area contributed by atoms with Gasteiger partial charge in [0.15, 0.2) is 0 Å². The molecule has 0 spiro atoms. The van der Waals surface area contributed by atoms with Gasteiger partial charge in [-0.05, 0) is 18.1 Å². The first-order valence-corrected chi connectivity index (χ1v) is 8.30. The largest absolute Gasteiger partial charge is 0.325 e. The SMILES string of the molecule is CC.ClCCC(c1ccccc1)n1ccc2c(Cl)ncnc21. The van der Waals surface area contributed by atoms with E-state index in [1.54, 1.807) is 0 Å². The number of halogens is 2. The van der Waals surface area contributed by atoms with E-state index in [1.165, 1.54) is 11.9 Å². The van der Waals surface area contributed by atoms with Gasteiger partial charge in [-0.1, -0.05) is 55.8 Å². The quantitative estimate of drug-likeness (QED) is 0.476. The summed E-state index contributed by atoms with van der Waals surface area (Å²) in [6.45, 7) is 4.00. The number of benzene rings is 1. The second-order valence-corrected chi connectivity index (χ2v) is 5.26. The molecule has 0 N–H and O–H groups in total. The number of nitrogens with zero attached hydrogens (tertiary/aromatic N) is 3. The summed E-state index contributed by atoms with van der Waals surface area (Å²) in [7, 11) is 0. The molecule has 0 amide bonds. The Kier molecular flexibility index (Phi) is 6.22. The van der Waals surface area contributed by atoms with Gasteiger partial charge in [0.25, 0.3) is 0 Å². The standard InChI is InChI=1S/C15H13Cl2N3.C2H6/c16-8-6-13(11-4-2-1-3-5-11)20-9-7-12-14(17)18-10-19-15(12)20;1-2/h1-5,7,9-10,13H,6,8H2;1-2H3. The van der Waals surface area contributed by atoms with Crippen LogP contribution in [0, 0.1) is 0 Å². The van der Waals surface area contributed by atoms with Crippen LogP contribution >= 0.6 is 23.2 Å². The van der Waals surface area contributed by atoms with Gasteiger partial charge in [0, 0.05) is 12.1 Å². The summed E-state index contributed by atoms with van der Waals surface area (Å²) >= 11 is 12.1. The lowest BCUT2D eigenvalue weighted by molar-refractivity contribution is 0.584. The Morgan fingerprint density at radius 2 is 1.82 bits per heavy atom. The van der Waals surface area contributed by atoms with Gasteiger partial charge in [0.1, 0.15) is 17.1 Å². The van der Waals surface area contributed by atoms with E-state index in [0.717, 1.165) is 17.5 Å². The van der Waals surface area contributed by atoms with E-state index in [1.807, 2.05) is 44.3 Å². The summed E-state index contributed by atoms with van der Waals surface area (Å²) < 4.78 is 2.11. The topological polar surface area (TPSA) is 30.7 Å². The van der Waals surface area contributed by atoms with E-state index >= 15 is 0 Å². The molecule has 3 rings (SSSR count). The predicted octanol–water partition coefficient (Wildman–Crippen LogP) is 5.33. The summed E-state index contributed by atoms with van der Waals surface area (Å²) in [5.41, 5.74) is 2.05. The Bertz CT molecular complexity index is 710. The molecule has 5 heteroatoms. The maximum atomic E-state index is 6.11. The van der Waals surface area contributed by atoms with Crippen molar-refractivity contribution in [2.24, 2.45) is 0 Å². The van der Waals surface area contributed by atoms with Gasteiger partial charge in [-0.25, -0.2) is 9.97 Å². The monoisotopic (exact) mass is 335 g/mol. The van der Waals surface area contributed by atoms with Crippen LogP contribution in [0.2, 0.25) is 5.15 Å².